The van der Waals surface area contributed by atoms with E-state index in [2.05, 4.69) is 0 Å². The summed E-state index contributed by atoms with van der Waals surface area (Å²) in [5, 5.41) is 37.4. The first-order valence-electron chi connectivity index (χ1n) is 4.91. The van der Waals surface area contributed by atoms with E-state index in [1.807, 2.05) is 0 Å². The largest absolute Gasteiger partial charge is 0.394 e. The Hall–Kier alpha value is -1.48. The fourth-order valence-corrected chi connectivity index (χ4v) is 1.26. The Morgan fingerprint density at radius 2 is 2.18 bits per heavy atom. The van der Waals surface area contributed by atoms with E-state index in [1.165, 1.54) is 22.9 Å². The highest BCUT2D eigenvalue weighted by Gasteiger charge is 2.20. The second-order valence-corrected chi connectivity index (χ2v) is 3.36. The average Bonchev–Trinajstić information content (AvgIpc) is 2.77. The predicted molar refractivity (Wildman–Crippen MR) is 56.1 cm³/mol. The van der Waals surface area contributed by atoms with Crippen molar-refractivity contribution >= 4 is 5.82 Å². The van der Waals surface area contributed by atoms with E-state index < -0.39 is 30.3 Å². The van der Waals surface area contributed by atoms with Crippen molar-refractivity contribution in [2.24, 2.45) is 0 Å². The second-order valence-electron chi connectivity index (χ2n) is 3.36. The molecule has 2 atom stereocenters. The van der Waals surface area contributed by atoms with Gasteiger partial charge < -0.3 is 30.2 Å². The van der Waals surface area contributed by atoms with Crippen LogP contribution in [0.3, 0.4) is 0 Å². The molecule has 0 bridgehead atoms. The van der Waals surface area contributed by atoms with E-state index in [4.69, 9.17) is 14.9 Å². The van der Waals surface area contributed by atoms with Crippen LogP contribution in [0, 0.1) is 10.1 Å². The van der Waals surface area contributed by atoms with Gasteiger partial charge >= 0.3 is 5.82 Å². The van der Waals surface area contributed by atoms with Gasteiger partial charge in [-0.3, -0.25) is 0 Å². The molecule has 0 amide bonds. The van der Waals surface area contributed by atoms with Gasteiger partial charge in [-0.15, -0.1) is 0 Å². The summed E-state index contributed by atoms with van der Waals surface area (Å²) in [6.07, 6.45) is -0.769. The van der Waals surface area contributed by atoms with E-state index >= 15 is 0 Å². The van der Waals surface area contributed by atoms with Crippen LogP contribution in [0.2, 0.25) is 0 Å². The van der Waals surface area contributed by atoms with Crippen LogP contribution in [0.1, 0.15) is 0 Å². The zero-order valence-corrected chi connectivity index (χ0v) is 8.97. The zero-order chi connectivity index (χ0) is 12.8. The van der Waals surface area contributed by atoms with Gasteiger partial charge in [0.2, 0.25) is 0 Å². The Labute approximate surface area is 96.8 Å². The molecular formula is C9H14N2O6. The summed E-state index contributed by atoms with van der Waals surface area (Å²) in [7, 11) is 0. The topological polar surface area (TPSA) is 118 Å². The van der Waals surface area contributed by atoms with E-state index in [0.717, 1.165) is 0 Å². The molecular weight excluding hydrogens is 232 g/mol. The predicted octanol–water partition coefficient (Wildman–Crippen LogP) is -0.915. The van der Waals surface area contributed by atoms with Crippen molar-refractivity contribution in [3.05, 3.63) is 28.4 Å². The molecule has 0 saturated carbocycles. The molecule has 17 heavy (non-hydrogen) atoms. The van der Waals surface area contributed by atoms with Crippen LogP contribution >= 0.6 is 0 Å². The first-order chi connectivity index (χ1) is 8.10. The SMILES string of the molecule is O=[N+]([O-])c1cccn1CO[C@@H](CO)[C@H](O)CO. The molecule has 96 valence electrons. The highest BCUT2D eigenvalue weighted by atomic mass is 16.6. The summed E-state index contributed by atoms with van der Waals surface area (Å²) < 4.78 is 6.29. The van der Waals surface area contributed by atoms with Gasteiger partial charge in [-0.2, -0.15) is 0 Å². The molecule has 0 aliphatic carbocycles. The molecule has 0 aromatic carbocycles. The molecule has 0 aliphatic rings. The van der Waals surface area contributed by atoms with Crippen molar-refractivity contribution in [1.82, 2.24) is 4.57 Å². The normalized spacial score (nSPS) is 14.5. The van der Waals surface area contributed by atoms with Gasteiger partial charge in [0.1, 0.15) is 12.2 Å². The van der Waals surface area contributed by atoms with E-state index in [-0.39, 0.29) is 12.5 Å². The quantitative estimate of drug-likeness (QED) is 0.423. The van der Waals surface area contributed by atoms with E-state index in [9.17, 15) is 15.2 Å². The van der Waals surface area contributed by atoms with Crippen molar-refractivity contribution in [2.45, 2.75) is 18.9 Å². The summed E-state index contributed by atoms with van der Waals surface area (Å²) in [6, 6.07) is 2.79. The summed E-state index contributed by atoms with van der Waals surface area (Å²) >= 11 is 0. The van der Waals surface area contributed by atoms with Gasteiger partial charge in [0.25, 0.3) is 0 Å². The van der Waals surface area contributed by atoms with Crippen LogP contribution in [0.4, 0.5) is 5.82 Å². The number of rotatable bonds is 7. The van der Waals surface area contributed by atoms with Gasteiger partial charge in [-0.05, 0) is 11.0 Å². The van der Waals surface area contributed by atoms with Crippen LogP contribution in [0.15, 0.2) is 18.3 Å². The number of aliphatic hydroxyl groups is 3. The lowest BCUT2D eigenvalue weighted by molar-refractivity contribution is -0.393. The van der Waals surface area contributed by atoms with Gasteiger partial charge in [0.05, 0.1) is 19.4 Å². The molecule has 8 heteroatoms. The number of aromatic nitrogens is 1. The molecule has 1 heterocycles. The summed E-state index contributed by atoms with van der Waals surface area (Å²) in [5.74, 6) is -0.153. The Kier molecular flexibility index (Phi) is 5.04. The summed E-state index contributed by atoms with van der Waals surface area (Å²) in [4.78, 5) is 10.0. The lowest BCUT2D eigenvalue weighted by atomic mass is 10.2. The first-order valence-corrected chi connectivity index (χ1v) is 4.91. The van der Waals surface area contributed by atoms with Crippen LogP contribution in [-0.2, 0) is 11.5 Å². The maximum absolute atomic E-state index is 10.6. The molecule has 0 aliphatic heterocycles. The Morgan fingerprint density at radius 3 is 2.71 bits per heavy atom. The molecule has 0 spiro atoms. The number of hydrogen-bond acceptors (Lipinski definition) is 6. The molecule has 0 fully saturated rings. The van der Waals surface area contributed by atoms with Gasteiger partial charge in [-0.1, -0.05) is 0 Å². The Bertz CT molecular complexity index is 366. The molecule has 1 aromatic heterocycles. The summed E-state index contributed by atoms with van der Waals surface area (Å²) in [6.45, 7) is -1.23. The standard InChI is InChI=1S/C9H14N2O6/c12-4-7(14)8(5-13)17-6-10-3-1-2-9(10)11(15)16/h1-3,7-8,12-14H,4-6H2/t7-,8+/m1/s1. The molecule has 0 unspecified atom stereocenters. The molecule has 0 radical (unpaired) electrons. The minimum atomic E-state index is -1.23. The molecule has 8 nitrogen and oxygen atoms in total. The molecule has 0 saturated heterocycles. The second kappa shape index (κ2) is 6.30. The van der Waals surface area contributed by atoms with Crippen molar-refractivity contribution in [3.63, 3.8) is 0 Å². The summed E-state index contributed by atoms with van der Waals surface area (Å²) in [5.41, 5.74) is 0. The number of ether oxygens (including phenoxy) is 1. The third-order valence-corrected chi connectivity index (χ3v) is 2.22. The lowest BCUT2D eigenvalue weighted by Gasteiger charge is -2.18. The van der Waals surface area contributed by atoms with Crippen molar-refractivity contribution in [3.8, 4) is 0 Å². The number of aliphatic hydroxyl groups excluding tert-OH is 3. The highest BCUT2D eigenvalue weighted by molar-refractivity contribution is 5.20. The van der Waals surface area contributed by atoms with Gasteiger partial charge in [0.15, 0.2) is 6.73 Å². The van der Waals surface area contributed by atoms with Crippen LogP contribution in [0.5, 0.6) is 0 Å². The minimum Gasteiger partial charge on any atom is -0.394 e. The zero-order valence-electron chi connectivity index (χ0n) is 8.97. The monoisotopic (exact) mass is 246 g/mol. The van der Waals surface area contributed by atoms with Crippen molar-refractivity contribution in [1.29, 1.82) is 0 Å². The lowest BCUT2D eigenvalue weighted by Crippen LogP contribution is -2.35. The Balaban J connectivity index is 2.59. The molecule has 1 aromatic rings. The minimum absolute atomic E-state index is 0.153. The van der Waals surface area contributed by atoms with E-state index in [0.29, 0.717) is 0 Å². The van der Waals surface area contributed by atoms with Crippen molar-refractivity contribution in [2.75, 3.05) is 13.2 Å². The number of nitro groups is 1. The Morgan fingerprint density at radius 1 is 1.47 bits per heavy atom. The smallest absolute Gasteiger partial charge is 0.324 e. The molecule has 3 N–H and O–H groups in total. The number of hydrogen-bond donors (Lipinski definition) is 3. The average molecular weight is 246 g/mol. The van der Waals surface area contributed by atoms with Crippen LogP contribution < -0.4 is 0 Å². The van der Waals surface area contributed by atoms with Gasteiger partial charge in [0, 0.05) is 6.07 Å². The van der Waals surface area contributed by atoms with Crippen LogP contribution in [0.25, 0.3) is 0 Å². The fraction of sp³-hybridized carbons (Fsp3) is 0.556. The molecule has 1 rings (SSSR count). The highest BCUT2D eigenvalue weighted by Crippen LogP contribution is 2.12. The van der Waals surface area contributed by atoms with Crippen LogP contribution in [-0.4, -0.2) is 50.2 Å². The third kappa shape index (κ3) is 3.49. The van der Waals surface area contributed by atoms with E-state index in [1.54, 1.807) is 0 Å². The first kappa shape index (κ1) is 13.6. The maximum atomic E-state index is 10.6. The maximum Gasteiger partial charge on any atom is 0.324 e. The number of nitrogens with zero attached hydrogens (tertiary/aromatic N) is 2. The third-order valence-electron chi connectivity index (χ3n) is 2.22. The van der Waals surface area contributed by atoms with Gasteiger partial charge in [-0.25, -0.2) is 4.57 Å². The fourth-order valence-electron chi connectivity index (χ4n) is 1.26. The van der Waals surface area contributed by atoms with Crippen molar-refractivity contribution < 1.29 is 25.0 Å².